The molecule has 62 heavy (non-hydrogen) atoms. The zero-order valence-electron chi connectivity index (χ0n) is 35.8. The quantitative estimate of drug-likeness (QED) is 0.0603. The summed E-state index contributed by atoms with van der Waals surface area (Å²) in [5, 5.41) is 0. The van der Waals surface area contributed by atoms with Crippen molar-refractivity contribution >= 4 is 48.2 Å². The molecular weight excluding hydrogens is 810 g/mol. The van der Waals surface area contributed by atoms with E-state index in [1.54, 1.807) is 30.5 Å². The predicted molar refractivity (Wildman–Crippen MR) is 217 cm³/mol. The third-order valence-corrected chi connectivity index (χ3v) is 11.0. The van der Waals surface area contributed by atoms with Crippen molar-refractivity contribution in [1.82, 2.24) is 14.9 Å². The number of aryl methyl sites for hydroxylation is 1. The molecule has 334 valence electrons. The molecule has 1 unspecified atom stereocenters. The van der Waals surface area contributed by atoms with Gasteiger partial charge in [0.15, 0.2) is 0 Å². The number of amides is 1. The van der Waals surface area contributed by atoms with Crippen LogP contribution in [0.5, 0.6) is 0 Å². The van der Waals surface area contributed by atoms with Crippen LogP contribution in [0.15, 0.2) is 47.7 Å². The Morgan fingerprint density at radius 3 is 1.76 bits per heavy atom. The molecule has 1 amide bonds. The highest BCUT2D eigenvalue weighted by atomic mass is 16.5. The normalized spacial score (nSPS) is 14.5. The average Bonchev–Trinajstić information content (AvgIpc) is 3.92. The summed E-state index contributed by atoms with van der Waals surface area (Å²) in [6.07, 6.45) is 0.882. The summed E-state index contributed by atoms with van der Waals surface area (Å²) in [7, 11) is 7.35. The first-order valence-corrected chi connectivity index (χ1v) is 19.7. The molecule has 0 spiro atoms. The smallest absolute Gasteiger partial charge is 0.355 e. The second-order valence-corrected chi connectivity index (χ2v) is 14.5. The van der Waals surface area contributed by atoms with E-state index in [0.29, 0.717) is 51.2 Å². The van der Waals surface area contributed by atoms with Crippen LogP contribution >= 0.6 is 0 Å². The minimum atomic E-state index is -1.52. The van der Waals surface area contributed by atoms with Crippen molar-refractivity contribution in [3.63, 3.8) is 0 Å². The van der Waals surface area contributed by atoms with Crippen LogP contribution in [0.4, 0.5) is 0 Å². The Balaban J connectivity index is 2.04. The fourth-order valence-corrected chi connectivity index (χ4v) is 7.74. The van der Waals surface area contributed by atoms with E-state index in [0.717, 1.165) is 0 Å². The molecule has 1 aliphatic rings. The van der Waals surface area contributed by atoms with E-state index in [4.69, 9.17) is 33.2 Å². The maximum absolute atomic E-state index is 14.0. The number of hydrogen-bond acceptors (Lipinski definition) is 15. The van der Waals surface area contributed by atoms with Gasteiger partial charge in [-0.1, -0.05) is 30.3 Å². The number of ether oxygens (including phenoxy) is 7. The molecule has 1 aromatic carbocycles. The Hall–Kier alpha value is -6.72. The number of carbonyl (C=O) groups is 8. The second-order valence-electron chi connectivity index (χ2n) is 14.5. The molecule has 0 saturated carbocycles. The van der Waals surface area contributed by atoms with Crippen LogP contribution in [0.3, 0.4) is 0 Å². The minimum Gasteiger partial charge on any atom is -0.469 e. The monoisotopic (exact) mass is 863 g/mol. The molecule has 0 saturated heterocycles. The first-order chi connectivity index (χ1) is 29.8. The van der Waals surface area contributed by atoms with Gasteiger partial charge in [0.2, 0.25) is 6.41 Å². The van der Waals surface area contributed by atoms with E-state index in [1.807, 2.05) is 6.07 Å². The van der Waals surface area contributed by atoms with Crippen molar-refractivity contribution in [2.75, 3.05) is 49.2 Å². The molecular formula is C44H53N3O15. The highest BCUT2D eigenvalue weighted by Gasteiger charge is 2.49. The van der Waals surface area contributed by atoms with Crippen LogP contribution in [0.1, 0.15) is 81.8 Å². The van der Waals surface area contributed by atoms with E-state index >= 15 is 0 Å². The van der Waals surface area contributed by atoms with E-state index in [-0.39, 0.29) is 88.6 Å². The number of nitrogens with one attached hydrogen (secondary N) is 2. The van der Waals surface area contributed by atoms with Gasteiger partial charge < -0.3 is 48.0 Å². The SMILES string of the molecule is COC(=O)CCC1=C(CC(=O)OC)C(Cc2[nH]cc(CCC(=O)OC)c2CC(=O)OC)(Cc2[nH]c(C(=O)OCc3ccccc3)c(CC(=O)OC)c2CCC(=O)OC)N(C=O)C1. The summed E-state index contributed by atoms with van der Waals surface area (Å²) in [6.45, 7) is -0.163. The Kier molecular flexibility index (Phi) is 17.6. The molecule has 4 rings (SSSR count). The molecule has 1 aliphatic heterocycles. The van der Waals surface area contributed by atoms with Crippen molar-refractivity contribution in [1.29, 1.82) is 0 Å². The maximum Gasteiger partial charge on any atom is 0.355 e. The first-order valence-electron chi connectivity index (χ1n) is 19.7. The molecule has 2 aromatic heterocycles. The van der Waals surface area contributed by atoms with Gasteiger partial charge >= 0.3 is 41.8 Å². The number of methoxy groups -OCH3 is 6. The lowest BCUT2D eigenvalue weighted by Crippen LogP contribution is -2.50. The lowest BCUT2D eigenvalue weighted by molar-refractivity contribution is -0.141. The standard InChI is InChI=1S/C44H53N3O15/c1-56-36(49)15-12-28-23-45-34(31(28)18-39(52)59-4)21-44(33(20-41(54)61-6)29(24-47(44)26-48)13-16-37(50)57-2)22-35-30(14-17-38(51)58-3)32(19-40(53)60-5)42(46-35)43(55)62-25-27-10-8-7-9-11-27/h7-11,23,26,45-46H,12-22,24-25H2,1-6H3. The summed E-state index contributed by atoms with van der Waals surface area (Å²) < 4.78 is 35.6. The van der Waals surface area contributed by atoms with Gasteiger partial charge in [0.25, 0.3) is 0 Å². The van der Waals surface area contributed by atoms with Crippen LogP contribution in [0, 0.1) is 0 Å². The number of aromatic nitrogens is 2. The molecule has 0 aliphatic carbocycles. The van der Waals surface area contributed by atoms with Crippen molar-refractivity contribution < 1.29 is 71.5 Å². The van der Waals surface area contributed by atoms with E-state index in [2.05, 4.69) is 9.97 Å². The van der Waals surface area contributed by atoms with Gasteiger partial charge in [0.1, 0.15) is 12.3 Å². The number of nitrogens with zero attached hydrogens (tertiary/aromatic N) is 1. The molecule has 3 aromatic rings. The van der Waals surface area contributed by atoms with E-state index in [1.165, 1.54) is 47.6 Å². The van der Waals surface area contributed by atoms with Gasteiger partial charge in [-0.15, -0.1) is 0 Å². The van der Waals surface area contributed by atoms with E-state index in [9.17, 15) is 38.4 Å². The number of aromatic amines is 2. The first kappa shape index (κ1) is 48.0. The molecule has 18 nitrogen and oxygen atoms in total. The third-order valence-electron chi connectivity index (χ3n) is 11.0. The topological polar surface area (TPSA) is 236 Å². The lowest BCUT2D eigenvalue weighted by atomic mass is 9.77. The van der Waals surface area contributed by atoms with Crippen molar-refractivity contribution in [3.05, 3.63) is 92.6 Å². The van der Waals surface area contributed by atoms with Crippen LogP contribution in [0.25, 0.3) is 0 Å². The van der Waals surface area contributed by atoms with Gasteiger partial charge in [-0.05, 0) is 58.2 Å². The number of esters is 7. The summed E-state index contributed by atoms with van der Waals surface area (Å²) in [4.78, 5) is 112. The molecule has 0 fully saturated rings. The van der Waals surface area contributed by atoms with Crippen LogP contribution in [-0.2, 0) is 112 Å². The Morgan fingerprint density at radius 2 is 1.18 bits per heavy atom. The zero-order chi connectivity index (χ0) is 45.4. The Morgan fingerprint density at radius 1 is 0.645 bits per heavy atom. The Bertz CT molecular complexity index is 2150. The van der Waals surface area contributed by atoms with Crippen LogP contribution in [-0.4, -0.2) is 118 Å². The van der Waals surface area contributed by atoms with Crippen molar-refractivity contribution in [2.24, 2.45) is 0 Å². The van der Waals surface area contributed by atoms with Crippen molar-refractivity contribution in [3.8, 4) is 0 Å². The maximum atomic E-state index is 14.0. The Labute approximate surface area is 358 Å². The summed E-state index contributed by atoms with van der Waals surface area (Å²) in [5.41, 5.74) is 2.38. The summed E-state index contributed by atoms with van der Waals surface area (Å²) in [6, 6.07) is 8.91. The lowest BCUT2D eigenvalue weighted by Gasteiger charge is -2.39. The number of carbonyl (C=O) groups excluding carboxylic acids is 8. The van der Waals surface area contributed by atoms with Gasteiger partial charge in [-0.2, -0.15) is 0 Å². The van der Waals surface area contributed by atoms with Gasteiger partial charge in [0.05, 0.1) is 67.5 Å². The van der Waals surface area contributed by atoms with Crippen LogP contribution < -0.4 is 0 Å². The summed E-state index contributed by atoms with van der Waals surface area (Å²) >= 11 is 0. The molecule has 0 radical (unpaired) electrons. The molecule has 18 heteroatoms. The van der Waals surface area contributed by atoms with Gasteiger partial charge in [-0.3, -0.25) is 33.6 Å². The molecule has 2 N–H and O–H groups in total. The third kappa shape index (κ3) is 12.0. The van der Waals surface area contributed by atoms with Gasteiger partial charge in [0, 0.05) is 56.2 Å². The molecule has 3 heterocycles. The highest BCUT2D eigenvalue weighted by molar-refractivity contribution is 5.92. The second kappa shape index (κ2) is 22.8. The largest absolute Gasteiger partial charge is 0.469 e. The average molecular weight is 864 g/mol. The zero-order valence-corrected chi connectivity index (χ0v) is 35.8. The predicted octanol–water partition coefficient (Wildman–Crippen LogP) is 3.15. The van der Waals surface area contributed by atoms with Gasteiger partial charge in [-0.25, -0.2) is 4.79 Å². The fraction of sp³-hybridized carbons (Fsp3) is 0.455. The summed E-state index contributed by atoms with van der Waals surface area (Å²) in [5.74, 6) is -4.40. The number of benzene rings is 1. The molecule has 1 atom stereocenters. The minimum absolute atomic E-state index is 0.0170. The highest BCUT2D eigenvalue weighted by Crippen LogP contribution is 2.44. The molecule has 0 bridgehead atoms. The van der Waals surface area contributed by atoms with Crippen molar-refractivity contribution in [2.45, 2.75) is 82.8 Å². The van der Waals surface area contributed by atoms with E-state index < -0.39 is 53.7 Å². The fourth-order valence-electron chi connectivity index (χ4n) is 7.74. The number of H-pyrrole nitrogens is 2. The number of rotatable bonds is 23. The number of hydrogen-bond donors (Lipinski definition) is 2. The van der Waals surface area contributed by atoms with Crippen LogP contribution in [0.2, 0.25) is 0 Å².